The molecule has 2 amide bonds. The number of hydrogen-bond acceptors (Lipinski definition) is 5. The smallest absolute Gasteiger partial charge is 0.257 e. The van der Waals surface area contributed by atoms with Crippen LogP contribution < -0.4 is 14.4 Å². The number of ether oxygens (including phenoxy) is 1. The minimum absolute atomic E-state index is 0.137. The molecule has 0 spiro atoms. The van der Waals surface area contributed by atoms with Crippen molar-refractivity contribution in [1.82, 2.24) is 4.72 Å². The molecule has 0 fully saturated rings. The number of anilines is 1. The van der Waals surface area contributed by atoms with E-state index in [0.717, 1.165) is 11.0 Å². The van der Waals surface area contributed by atoms with Gasteiger partial charge in [0.15, 0.2) is 0 Å². The first-order valence-electron chi connectivity index (χ1n) is 11.6. The van der Waals surface area contributed by atoms with E-state index in [1.807, 2.05) is 31.2 Å². The SMILES string of the molecule is CCN(C(=O)C(CCc1ccc(OC)cc1)C(=O)NS(=O)(=O)/C=C/c1ccccc1)c1ccccc1. The first-order chi connectivity index (χ1) is 17.3. The Morgan fingerprint density at radius 1 is 0.944 bits per heavy atom. The van der Waals surface area contributed by atoms with Crippen LogP contribution in [0.5, 0.6) is 5.75 Å². The van der Waals surface area contributed by atoms with Crippen LogP contribution in [0.2, 0.25) is 0 Å². The van der Waals surface area contributed by atoms with Crippen LogP contribution in [0.4, 0.5) is 5.69 Å². The maximum atomic E-state index is 13.5. The molecule has 1 unspecified atom stereocenters. The zero-order valence-corrected chi connectivity index (χ0v) is 21.1. The number of hydrogen-bond donors (Lipinski definition) is 1. The number of rotatable bonds is 11. The van der Waals surface area contributed by atoms with E-state index in [4.69, 9.17) is 4.74 Å². The van der Waals surface area contributed by atoms with Gasteiger partial charge < -0.3 is 9.64 Å². The summed E-state index contributed by atoms with van der Waals surface area (Å²) in [6.07, 6.45) is 1.93. The van der Waals surface area contributed by atoms with E-state index in [9.17, 15) is 18.0 Å². The summed E-state index contributed by atoms with van der Waals surface area (Å²) in [6.45, 7) is 2.14. The molecule has 0 heterocycles. The van der Waals surface area contributed by atoms with Gasteiger partial charge in [-0.05, 0) is 61.2 Å². The van der Waals surface area contributed by atoms with Crippen molar-refractivity contribution in [3.8, 4) is 5.75 Å². The monoisotopic (exact) mass is 506 g/mol. The maximum absolute atomic E-state index is 13.5. The van der Waals surface area contributed by atoms with E-state index in [0.29, 0.717) is 30.0 Å². The van der Waals surface area contributed by atoms with Gasteiger partial charge in [0.05, 0.1) is 12.5 Å². The molecule has 0 aliphatic rings. The summed E-state index contributed by atoms with van der Waals surface area (Å²) in [5.41, 5.74) is 2.21. The van der Waals surface area contributed by atoms with Gasteiger partial charge in [-0.2, -0.15) is 0 Å². The standard InChI is InChI=1S/C28H30N2O5S/c1-3-30(24-12-8-5-9-13-24)28(32)26(19-16-23-14-17-25(35-2)18-15-23)27(31)29-36(33,34)21-20-22-10-6-4-7-11-22/h4-15,17-18,20-21,26H,3,16,19H2,1-2H3,(H,29,31)/b21-20+. The summed E-state index contributed by atoms with van der Waals surface area (Å²) in [4.78, 5) is 28.2. The Balaban J connectivity index is 1.82. The van der Waals surface area contributed by atoms with Crippen molar-refractivity contribution in [2.75, 3.05) is 18.6 Å². The number of aryl methyl sites for hydroxylation is 1. The number of methoxy groups -OCH3 is 1. The summed E-state index contributed by atoms with van der Waals surface area (Å²) < 4.78 is 32.5. The highest BCUT2D eigenvalue weighted by atomic mass is 32.2. The highest BCUT2D eigenvalue weighted by Gasteiger charge is 2.32. The van der Waals surface area contributed by atoms with Crippen LogP contribution in [0.25, 0.3) is 6.08 Å². The summed E-state index contributed by atoms with van der Waals surface area (Å²) in [6, 6.07) is 25.2. The number of amides is 2. The number of benzene rings is 3. The Morgan fingerprint density at radius 3 is 2.14 bits per heavy atom. The molecule has 0 saturated heterocycles. The average Bonchev–Trinajstić information content (AvgIpc) is 2.89. The number of para-hydroxylation sites is 1. The molecule has 0 aromatic heterocycles. The highest BCUT2D eigenvalue weighted by Crippen LogP contribution is 2.21. The van der Waals surface area contributed by atoms with Gasteiger partial charge in [0, 0.05) is 12.2 Å². The predicted molar refractivity (Wildman–Crippen MR) is 142 cm³/mol. The second-order valence-electron chi connectivity index (χ2n) is 8.08. The van der Waals surface area contributed by atoms with Crippen LogP contribution in [-0.2, 0) is 26.0 Å². The normalized spacial score (nSPS) is 12.2. The maximum Gasteiger partial charge on any atom is 0.257 e. The van der Waals surface area contributed by atoms with Crippen molar-refractivity contribution >= 4 is 33.6 Å². The molecule has 3 rings (SSSR count). The lowest BCUT2D eigenvalue weighted by atomic mass is 9.97. The van der Waals surface area contributed by atoms with Crippen LogP contribution in [0, 0.1) is 5.92 Å². The summed E-state index contributed by atoms with van der Waals surface area (Å²) >= 11 is 0. The van der Waals surface area contributed by atoms with Crippen molar-refractivity contribution in [1.29, 1.82) is 0 Å². The molecule has 36 heavy (non-hydrogen) atoms. The third kappa shape index (κ3) is 7.55. The first kappa shape index (κ1) is 26.7. The Bertz CT molecular complexity index is 1270. The van der Waals surface area contributed by atoms with Gasteiger partial charge in [-0.3, -0.25) is 9.59 Å². The molecule has 1 atom stereocenters. The average molecular weight is 507 g/mol. The van der Waals surface area contributed by atoms with E-state index in [1.54, 1.807) is 67.8 Å². The van der Waals surface area contributed by atoms with Gasteiger partial charge in [0.2, 0.25) is 11.8 Å². The molecule has 188 valence electrons. The highest BCUT2D eigenvalue weighted by molar-refractivity contribution is 7.93. The minimum Gasteiger partial charge on any atom is -0.497 e. The minimum atomic E-state index is -4.11. The molecular weight excluding hydrogens is 476 g/mol. The lowest BCUT2D eigenvalue weighted by Gasteiger charge is -2.26. The number of carbonyl (C=O) groups excluding carboxylic acids is 2. The topological polar surface area (TPSA) is 92.8 Å². The molecule has 8 heteroatoms. The Labute approximate surface area is 212 Å². The summed E-state index contributed by atoms with van der Waals surface area (Å²) in [5, 5.41) is 0.931. The fourth-order valence-electron chi connectivity index (χ4n) is 3.71. The molecule has 7 nitrogen and oxygen atoms in total. The van der Waals surface area contributed by atoms with Crippen molar-refractivity contribution < 1.29 is 22.7 Å². The third-order valence-corrected chi connectivity index (χ3v) is 6.61. The molecule has 0 saturated carbocycles. The van der Waals surface area contributed by atoms with E-state index >= 15 is 0 Å². The number of sulfonamides is 1. The molecule has 0 bridgehead atoms. The molecule has 1 N–H and O–H groups in total. The van der Waals surface area contributed by atoms with Crippen LogP contribution in [-0.4, -0.2) is 33.9 Å². The molecule has 3 aromatic carbocycles. The zero-order chi connectivity index (χ0) is 26.0. The molecule has 3 aromatic rings. The number of carbonyl (C=O) groups is 2. The van der Waals surface area contributed by atoms with E-state index in [2.05, 4.69) is 4.72 Å². The third-order valence-electron chi connectivity index (χ3n) is 5.63. The van der Waals surface area contributed by atoms with Gasteiger partial charge in [0.25, 0.3) is 10.0 Å². The van der Waals surface area contributed by atoms with Crippen molar-refractivity contribution in [2.24, 2.45) is 5.92 Å². The van der Waals surface area contributed by atoms with E-state index in [-0.39, 0.29) is 6.42 Å². The fraction of sp³-hybridized carbons (Fsp3) is 0.214. The van der Waals surface area contributed by atoms with Crippen LogP contribution >= 0.6 is 0 Å². The van der Waals surface area contributed by atoms with Gasteiger partial charge in [0.1, 0.15) is 11.7 Å². The van der Waals surface area contributed by atoms with Gasteiger partial charge >= 0.3 is 0 Å². The first-order valence-corrected chi connectivity index (χ1v) is 13.2. The van der Waals surface area contributed by atoms with Crippen molar-refractivity contribution in [2.45, 2.75) is 19.8 Å². The van der Waals surface area contributed by atoms with Gasteiger partial charge in [-0.25, -0.2) is 13.1 Å². The Hall–Kier alpha value is -3.91. The number of nitrogens with one attached hydrogen (secondary N) is 1. The predicted octanol–water partition coefficient (Wildman–Crippen LogP) is 4.41. The van der Waals surface area contributed by atoms with Gasteiger partial charge in [-0.15, -0.1) is 0 Å². The van der Waals surface area contributed by atoms with Crippen molar-refractivity contribution in [3.63, 3.8) is 0 Å². The van der Waals surface area contributed by atoms with Crippen LogP contribution in [0.3, 0.4) is 0 Å². The molecule has 0 aliphatic carbocycles. The van der Waals surface area contributed by atoms with E-state index < -0.39 is 27.8 Å². The van der Waals surface area contributed by atoms with Crippen molar-refractivity contribution in [3.05, 3.63) is 101 Å². The van der Waals surface area contributed by atoms with E-state index in [1.165, 1.54) is 11.0 Å². The second kappa shape index (κ2) is 12.7. The largest absolute Gasteiger partial charge is 0.497 e. The number of nitrogens with zero attached hydrogens (tertiary/aromatic N) is 1. The second-order valence-corrected chi connectivity index (χ2v) is 9.65. The van der Waals surface area contributed by atoms with Crippen LogP contribution in [0.1, 0.15) is 24.5 Å². The molecule has 0 aliphatic heterocycles. The Morgan fingerprint density at radius 2 is 1.56 bits per heavy atom. The molecule has 0 radical (unpaired) electrons. The summed E-state index contributed by atoms with van der Waals surface area (Å²) in [5.74, 6) is -1.83. The lowest BCUT2D eigenvalue weighted by Crippen LogP contribution is -2.45. The molecular formula is C28H30N2O5S. The zero-order valence-electron chi connectivity index (χ0n) is 20.3. The Kier molecular flexibility index (Phi) is 9.41. The van der Waals surface area contributed by atoms with Gasteiger partial charge in [-0.1, -0.05) is 60.7 Å². The van der Waals surface area contributed by atoms with Crippen LogP contribution in [0.15, 0.2) is 90.3 Å². The quantitative estimate of drug-likeness (QED) is 0.389. The fourth-order valence-corrected chi connectivity index (χ4v) is 4.54. The lowest BCUT2D eigenvalue weighted by molar-refractivity contribution is -0.132. The summed E-state index contributed by atoms with van der Waals surface area (Å²) in [7, 11) is -2.54.